The summed E-state index contributed by atoms with van der Waals surface area (Å²) < 4.78 is 4.56. The average molecular weight is 221 g/mol. The quantitative estimate of drug-likeness (QED) is 0.578. The van der Waals surface area contributed by atoms with Gasteiger partial charge in [-0.1, -0.05) is 6.07 Å². The second-order valence-electron chi connectivity index (χ2n) is 2.89. The number of nitriles is 1. The predicted molar refractivity (Wildman–Crippen MR) is 58.7 cm³/mol. The van der Waals surface area contributed by atoms with Crippen molar-refractivity contribution in [2.75, 3.05) is 13.4 Å². The standard InChI is InChI=1S/C11H11NO2S/c1-14-11(13)6-8-3-4-10(15-2)5-9(8)7-12/h3-5H,6H2,1-2H3. The molecule has 1 rings (SSSR count). The Labute approximate surface area is 93.0 Å². The lowest BCUT2D eigenvalue weighted by atomic mass is 10.1. The summed E-state index contributed by atoms with van der Waals surface area (Å²) in [5.74, 6) is -0.330. The number of carbonyl (C=O) groups is 1. The van der Waals surface area contributed by atoms with E-state index >= 15 is 0 Å². The van der Waals surface area contributed by atoms with Gasteiger partial charge in [0, 0.05) is 4.90 Å². The Kier molecular flexibility index (Phi) is 4.19. The van der Waals surface area contributed by atoms with Gasteiger partial charge in [-0.2, -0.15) is 5.26 Å². The Bertz CT molecular complexity index is 410. The second kappa shape index (κ2) is 5.42. The molecule has 0 fully saturated rings. The van der Waals surface area contributed by atoms with Crippen LogP contribution in [-0.4, -0.2) is 19.3 Å². The van der Waals surface area contributed by atoms with Crippen LogP contribution in [0.25, 0.3) is 0 Å². The van der Waals surface area contributed by atoms with E-state index in [1.165, 1.54) is 7.11 Å². The van der Waals surface area contributed by atoms with E-state index in [-0.39, 0.29) is 12.4 Å². The van der Waals surface area contributed by atoms with Gasteiger partial charge in [-0.05, 0) is 24.0 Å². The van der Waals surface area contributed by atoms with E-state index < -0.39 is 0 Å². The van der Waals surface area contributed by atoms with E-state index in [4.69, 9.17) is 5.26 Å². The van der Waals surface area contributed by atoms with Crippen molar-refractivity contribution in [1.29, 1.82) is 5.26 Å². The first-order valence-corrected chi connectivity index (χ1v) is 5.57. The fourth-order valence-electron chi connectivity index (χ4n) is 1.17. The molecular weight excluding hydrogens is 210 g/mol. The minimum absolute atomic E-state index is 0.147. The lowest BCUT2D eigenvalue weighted by Crippen LogP contribution is -2.05. The number of rotatable bonds is 3. The largest absolute Gasteiger partial charge is 0.469 e. The zero-order valence-electron chi connectivity index (χ0n) is 8.61. The van der Waals surface area contributed by atoms with Crippen LogP contribution in [0.5, 0.6) is 0 Å². The van der Waals surface area contributed by atoms with Gasteiger partial charge >= 0.3 is 5.97 Å². The molecule has 0 bridgehead atoms. The van der Waals surface area contributed by atoms with Crippen LogP contribution in [-0.2, 0) is 16.0 Å². The number of benzene rings is 1. The minimum atomic E-state index is -0.330. The summed E-state index contributed by atoms with van der Waals surface area (Å²) >= 11 is 1.56. The van der Waals surface area contributed by atoms with Gasteiger partial charge in [0.05, 0.1) is 25.2 Å². The molecule has 1 aromatic rings. The number of carbonyl (C=O) groups excluding carboxylic acids is 1. The lowest BCUT2D eigenvalue weighted by Gasteiger charge is -2.04. The smallest absolute Gasteiger partial charge is 0.310 e. The number of nitrogens with zero attached hydrogens (tertiary/aromatic N) is 1. The molecule has 15 heavy (non-hydrogen) atoms. The Hall–Kier alpha value is -1.47. The van der Waals surface area contributed by atoms with Crippen molar-refractivity contribution in [3.05, 3.63) is 29.3 Å². The molecule has 0 spiro atoms. The second-order valence-corrected chi connectivity index (χ2v) is 3.77. The van der Waals surface area contributed by atoms with Crippen LogP contribution in [0.1, 0.15) is 11.1 Å². The molecule has 1 aromatic carbocycles. The van der Waals surface area contributed by atoms with Crippen molar-refractivity contribution in [2.45, 2.75) is 11.3 Å². The molecule has 4 heteroatoms. The lowest BCUT2D eigenvalue weighted by molar-refractivity contribution is -0.139. The van der Waals surface area contributed by atoms with Crippen LogP contribution in [0.4, 0.5) is 0 Å². The monoisotopic (exact) mass is 221 g/mol. The molecule has 0 unspecified atom stereocenters. The zero-order valence-corrected chi connectivity index (χ0v) is 9.43. The maximum Gasteiger partial charge on any atom is 0.310 e. The summed E-state index contributed by atoms with van der Waals surface area (Å²) in [4.78, 5) is 12.1. The molecule has 0 heterocycles. The molecule has 0 aliphatic heterocycles. The molecule has 78 valence electrons. The molecule has 0 aliphatic carbocycles. The molecule has 0 aromatic heterocycles. The highest BCUT2D eigenvalue weighted by atomic mass is 32.2. The van der Waals surface area contributed by atoms with Crippen LogP contribution in [0.3, 0.4) is 0 Å². The molecule has 0 radical (unpaired) electrons. The van der Waals surface area contributed by atoms with E-state index in [1.807, 2.05) is 12.3 Å². The Morgan fingerprint density at radius 1 is 1.60 bits per heavy atom. The topological polar surface area (TPSA) is 50.1 Å². The average Bonchev–Trinajstić information content (AvgIpc) is 2.29. The van der Waals surface area contributed by atoms with Crippen LogP contribution in [0, 0.1) is 11.3 Å². The fourth-order valence-corrected chi connectivity index (χ4v) is 1.61. The molecule has 0 saturated heterocycles. The zero-order chi connectivity index (χ0) is 11.3. The van der Waals surface area contributed by atoms with E-state index in [0.29, 0.717) is 11.1 Å². The number of hydrogen-bond donors (Lipinski definition) is 0. The van der Waals surface area contributed by atoms with Crippen molar-refractivity contribution in [3.63, 3.8) is 0 Å². The molecule has 0 N–H and O–H groups in total. The van der Waals surface area contributed by atoms with Gasteiger partial charge < -0.3 is 4.74 Å². The first-order chi connectivity index (χ1) is 7.21. The Morgan fingerprint density at radius 3 is 2.87 bits per heavy atom. The van der Waals surface area contributed by atoms with Crippen LogP contribution in [0.15, 0.2) is 23.1 Å². The molecule has 0 aliphatic rings. The predicted octanol–water partition coefficient (Wildman–Crippen LogP) is 2.00. The Morgan fingerprint density at radius 2 is 2.33 bits per heavy atom. The van der Waals surface area contributed by atoms with Crippen LogP contribution >= 0.6 is 11.8 Å². The summed E-state index contributed by atoms with van der Waals surface area (Å²) in [7, 11) is 1.34. The third kappa shape index (κ3) is 3.00. The highest BCUT2D eigenvalue weighted by molar-refractivity contribution is 7.98. The maximum absolute atomic E-state index is 11.1. The molecular formula is C11H11NO2S. The van der Waals surface area contributed by atoms with Crippen molar-refractivity contribution in [1.82, 2.24) is 0 Å². The molecule has 0 atom stereocenters. The minimum Gasteiger partial charge on any atom is -0.469 e. The number of thioether (sulfide) groups is 1. The number of esters is 1. The number of ether oxygens (including phenoxy) is 1. The summed E-state index contributed by atoms with van der Waals surface area (Å²) in [5, 5.41) is 8.91. The summed E-state index contributed by atoms with van der Waals surface area (Å²) in [6.07, 6.45) is 2.09. The van der Waals surface area contributed by atoms with Crippen molar-refractivity contribution in [3.8, 4) is 6.07 Å². The molecule has 0 amide bonds. The van der Waals surface area contributed by atoms with Gasteiger partial charge in [0.1, 0.15) is 0 Å². The van der Waals surface area contributed by atoms with Crippen LogP contribution in [0.2, 0.25) is 0 Å². The van der Waals surface area contributed by atoms with E-state index in [1.54, 1.807) is 23.9 Å². The van der Waals surface area contributed by atoms with Crippen molar-refractivity contribution < 1.29 is 9.53 Å². The van der Waals surface area contributed by atoms with Crippen LogP contribution < -0.4 is 0 Å². The normalized spacial score (nSPS) is 9.40. The van der Waals surface area contributed by atoms with Gasteiger partial charge in [-0.3, -0.25) is 4.79 Å². The third-order valence-electron chi connectivity index (χ3n) is 2.00. The number of hydrogen-bond acceptors (Lipinski definition) is 4. The SMILES string of the molecule is COC(=O)Cc1ccc(SC)cc1C#N. The van der Waals surface area contributed by atoms with E-state index in [9.17, 15) is 4.79 Å². The van der Waals surface area contributed by atoms with Crippen molar-refractivity contribution >= 4 is 17.7 Å². The number of methoxy groups -OCH3 is 1. The first kappa shape index (κ1) is 11.6. The van der Waals surface area contributed by atoms with Gasteiger partial charge in [-0.15, -0.1) is 11.8 Å². The van der Waals surface area contributed by atoms with Gasteiger partial charge in [0.25, 0.3) is 0 Å². The maximum atomic E-state index is 11.1. The van der Waals surface area contributed by atoms with Crippen molar-refractivity contribution in [2.24, 2.45) is 0 Å². The van der Waals surface area contributed by atoms with E-state index in [0.717, 1.165) is 4.90 Å². The fraction of sp³-hybridized carbons (Fsp3) is 0.273. The molecule has 0 saturated carbocycles. The third-order valence-corrected chi connectivity index (χ3v) is 2.73. The van der Waals surface area contributed by atoms with E-state index in [2.05, 4.69) is 10.8 Å². The first-order valence-electron chi connectivity index (χ1n) is 4.35. The molecule has 3 nitrogen and oxygen atoms in total. The highest BCUT2D eigenvalue weighted by Gasteiger charge is 2.08. The summed E-state index contributed by atoms with van der Waals surface area (Å²) in [6, 6.07) is 7.54. The summed E-state index contributed by atoms with van der Waals surface area (Å²) in [6.45, 7) is 0. The summed E-state index contributed by atoms with van der Waals surface area (Å²) in [5.41, 5.74) is 1.24. The van der Waals surface area contributed by atoms with Gasteiger partial charge in [0.15, 0.2) is 0 Å². The Balaban J connectivity index is 2.99. The van der Waals surface area contributed by atoms with Gasteiger partial charge in [0.2, 0.25) is 0 Å². The highest BCUT2D eigenvalue weighted by Crippen LogP contribution is 2.19. The van der Waals surface area contributed by atoms with Gasteiger partial charge in [-0.25, -0.2) is 0 Å².